The van der Waals surface area contributed by atoms with Crippen LogP contribution < -0.4 is 5.73 Å². The fraction of sp³-hybridized carbons (Fsp3) is 0.438. The van der Waals surface area contributed by atoms with Crippen LogP contribution in [0.1, 0.15) is 42.3 Å². The number of nitrogens with zero attached hydrogens (tertiary/aromatic N) is 2. The monoisotopic (exact) mass is 257 g/mol. The van der Waals surface area contributed by atoms with Gasteiger partial charge < -0.3 is 5.73 Å². The third-order valence-electron chi connectivity index (χ3n) is 3.80. The van der Waals surface area contributed by atoms with E-state index in [0.29, 0.717) is 12.5 Å². The number of hydrogen-bond donors (Lipinski definition) is 1. The van der Waals surface area contributed by atoms with Gasteiger partial charge in [-0.3, -0.25) is 4.68 Å². The molecule has 2 aromatic rings. The minimum absolute atomic E-state index is 0.475. The fourth-order valence-electron chi connectivity index (χ4n) is 2.44. The first-order valence-electron chi connectivity index (χ1n) is 6.79. The third kappa shape index (κ3) is 2.43. The van der Waals surface area contributed by atoms with Crippen molar-refractivity contribution in [3.8, 4) is 11.1 Å². The zero-order chi connectivity index (χ0) is 14.2. The molecule has 0 bridgehead atoms. The second-order valence-electron chi connectivity index (χ2n) is 5.46. The SMILES string of the molecule is Cc1ccc(C(C)C)cc1-c1c(CN)nn(C)c1C. The van der Waals surface area contributed by atoms with Crippen molar-refractivity contribution in [1.29, 1.82) is 0 Å². The highest BCUT2D eigenvalue weighted by molar-refractivity contribution is 5.72. The van der Waals surface area contributed by atoms with E-state index in [2.05, 4.69) is 51.0 Å². The largest absolute Gasteiger partial charge is 0.325 e. The summed E-state index contributed by atoms with van der Waals surface area (Å²) in [5, 5.41) is 4.51. The van der Waals surface area contributed by atoms with Gasteiger partial charge in [-0.2, -0.15) is 5.10 Å². The summed E-state index contributed by atoms with van der Waals surface area (Å²) in [6.07, 6.45) is 0. The molecule has 0 saturated carbocycles. The Kier molecular flexibility index (Phi) is 3.76. The Morgan fingerprint density at radius 2 is 1.95 bits per heavy atom. The summed E-state index contributed by atoms with van der Waals surface area (Å²) in [4.78, 5) is 0. The quantitative estimate of drug-likeness (QED) is 0.917. The van der Waals surface area contributed by atoms with Crippen LogP contribution in [0.4, 0.5) is 0 Å². The van der Waals surface area contributed by atoms with Crippen LogP contribution in [-0.4, -0.2) is 9.78 Å². The van der Waals surface area contributed by atoms with Crippen molar-refractivity contribution in [3.05, 3.63) is 40.7 Å². The molecule has 1 heterocycles. The molecule has 3 heteroatoms. The van der Waals surface area contributed by atoms with Crippen molar-refractivity contribution >= 4 is 0 Å². The van der Waals surface area contributed by atoms with Crippen LogP contribution in [0.15, 0.2) is 18.2 Å². The summed E-state index contributed by atoms with van der Waals surface area (Å²) >= 11 is 0. The van der Waals surface area contributed by atoms with Gasteiger partial charge in [0.05, 0.1) is 5.69 Å². The van der Waals surface area contributed by atoms with Gasteiger partial charge in [0.25, 0.3) is 0 Å². The lowest BCUT2D eigenvalue weighted by molar-refractivity contribution is 0.721. The van der Waals surface area contributed by atoms with Gasteiger partial charge in [-0.15, -0.1) is 0 Å². The molecule has 0 aliphatic heterocycles. The lowest BCUT2D eigenvalue weighted by Crippen LogP contribution is -2.00. The predicted molar refractivity (Wildman–Crippen MR) is 80.1 cm³/mol. The maximum atomic E-state index is 5.84. The number of benzene rings is 1. The van der Waals surface area contributed by atoms with Crippen molar-refractivity contribution in [2.75, 3.05) is 0 Å². The smallest absolute Gasteiger partial charge is 0.0841 e. The van der Waals surface area contributed by atoms with Crippen molar-refractivity contribution in [2.24, 2.45) is 12.8 Å². The van der Waals surface area contributed by atoms with E-state index in [1.54, 1.807) is 0 Å². The van der Waals surface area contributed by atoms with Crippen LogP contribution in [-0.2, 0) is 13.6 Å². The van der Waals surface area contributed by atoms with Gasteiger partial charge in [0.15, 0.2) is 0 Å². The van der Waals surface area contributed by atoms with E-state index in [-0.39, 0.29) is 0 Å². The maximum Gasteiger partial charge on any atom is 0.0841 e. The number of aryl methyl sites for hydroxylation is 2. The van der Waals surface area contributed by atoms with E-state index in [1.807, 2.05) is 11.7 Å². The zero-order valence-electron chi connectivity index (χ0n) is 12.5. The Labute approximate surface area is 115 Å². The Bertz CT molecular complexity index is 594. The fourth-order valence-corrected chi connectivity index (χ4v) is 2.44. The van der Waals surface area contributed by atoms with E-state index in [0.717, 1.165) is 5.69 Å². The van der Waals surface area contributed by atoms with E-state index in [4.69, 9.17) is 5.73 Å². The van der Waals surface area contributed by atoms with Crippen LogP contribution >= 0.6 is 0 Å². The molecule has 0 aliphatic rings. The van der Waals surface area contributed by atoms with Crippen LogP contribution in [0.25, 0.3) is 11.1 Å². The van der Waals surface area contributed by atoms with E-state index in [9.17, 15) is 0 Å². The Hall–Kier alpha value is -1.61. The minimum atomic E-state index is 0.475. The second kappa shape index (κ2) is 5.17. The van der Waals surface area contributed by atoms with Gasteiger partial charge in [-0.1, -0.05) is 32.0 Å². The molecule has 0 unspecified atom stereocenters. The Morgan fingerprint density at radius 3 is 2.53 bits per heavy atom. The van der Waals surface area contributed by atoms with E-state index < -0.39 is 0 Å². The normalized spacial score (nSPS) is 11.3. The number of nitrogens with two attached hydrogens (primary N) is 1. The summed E-state index contributed by atoms with van der Waals surface area (Å²) in [5.41, 5.74) is 13.1. The molecule has 0 fully saturated rings. The van der Waals surface area contributed by atoms with Crippen LogP contribution in [0.5, 0.6) is 0 Å². The van der Waals surface area contributed by atoms with Crippen molar-refractivity contribution in [1.82, 2.24) is 9.78 Å². The maximum absolute atomic E-state index is 5.84. The molecule has 1 aromatic carbocycles. The lowest BCUT2D eigenvalue weighted by atomic mass is 9.93. The second-order valence-corrected chi connectivity index (χ2v) is 5.46. The zero-order valence-corrected chi connectivity index (χ0v) is 12.5. The first-order valence-corrected chi connectivity index (χ1v) is 6.79. The van der Waals surface area contributed by atoms with Gasteiger partial charge in [-0.05, 0) is 36.5 Å². The molecule has 0 spiro atoms. The van der Waals surface area contributed by atoms with Gasteiger partial charge in [-0.25, -0.2) is 0 Å². The van der Waals surface area contributed by atoms with Gasteiger partial charge in [0.2, 0.25) is 0 Å². The van der Waals surface area contributed by atoms with Gasteiger partial charge in [0, 0.05) is 24.8 Å². The highest BCUT2D eigenvalue weighted by Crippen LogP contribution is 2.32. The minimum Gasteiger partial charge on any atom is -0.325 e. The van der Waals surface area contributed by atoms with Crippen molar-refractivity contribution < 1.29 is 0 Å². The molecule has 2 rings (SSSR count). The number of hydrogen-bond acceptors (Lipinski definition) is 2. The first kappa shape index (κ1) is 13.8. The highest BCUT2D eigenvalue weighted by atomic mass is 15.3. The standard InChI is InChI=1S/C16H23N3/c1-10(2)13-7-6-11(3)14(8-13)16-12(4)19(5)18-15(16)9-17/h6-8,10H,9,17H2,1-5H3. The van der Waals surface area contributed by atoms with Gasteiger partial charge in [0.1, 0.15) is 0 Å². The molecular weight excluding hydrogens is 234 g/mol. The van der Waals surface area contributed by atoms with E-state index >= 15 is 0 Å². The molecule has 0 saturated heterocycles. The molecule has 0 aliphatic carbocycles. The Balaban J connectivity index is 2.67. The summed E-state index contributed by atoms with van der Waals surface area (Å²) in [7, 11) is 1.97. The molecular formula is C16H23N3. The molecule has 2 N–H and O–H groups in total. The van der Waals surface area contributed by atoms with Crippen molar-refractivity contribution in [2.45, 2.75) is 40.2 Å². The molecule has 1 aromatic heterocycles. The van der Waals surface area contributed by atoms with E-state index in [1.165, 1.54) is 27.9 Å². The van der Waals surface area contributed by atoms with Crippen LogP contribution in [0.2, 0.25) is 0 Å². The molecule has 0 atom stereocenters. The predicted octanol–water partition coefficient (Wildman–Crippen LogP) is 3.29. The number of rotatable bonds is 3. The molecule has 102 valence electrons. The molecule has 0 amide bonds. The number of aromatic nitrogens is 2. The van der Waals surface area contributed by atoms with Crippen molar-refractivity contribution in [3.63, 3.8) is 0 Å². The third-order valence-corrected chi connectivity index (χ3v) is 3.80. The first-order chi connectivity index (χ1) is 8.95. The average molecular weight is 257 g/mol. The summed E-state index contributed by atoms with van der Waals surface area (Å²) in [6.45, 7) is 9.15. The summed E-state index contributed by atoms with van der Waals surface area (Å²) < 4.78 is 1.92. The lowest BCUT2D eigenvalue weighted by Gasteiger charge is -2.12. The average Bonchev–Trinajstić information content (AvgIpc) is 2.66. The van der Waals surface area contributed by atoms with Crippen LogP contribution in [0, 0.1) is 13.8 Å². The van der Waals surface area contributed by atoms with Gasteiger partial charge >= 0.3 is 0 Å². The Morgan fingerprint density at radius 1 is 1.26 bits per heavy atom. The molecule has 3 nitrogen and oxygen atoms in total. The molecule has 0 radical (unpaired) electrons. The summed E-state index contributed by atoms with van der Waals surface area (Å²) in [5.74, 6) is 0.526. The highest BCUT2D eigenvalue weighted by Gasteiger charge is 2.16. The summed E-state index contributed by atoms with van der Waals surface area (Å²) in [6, 6.07) is 6.68. The molecule has 19 heavy (non-hydrogen) atoms. The van der Waals surface area contributed by atoms with Crippen LogP contribution in [0.3, 0.4) is 0 Å². The topological polar surface area (TPSA) is 43.8 Å².